The Morgan fingerprint density at radius 1 is 1.62 bits per heavy atom. The van der Waals surface area contributed by atoms with Crippen LogP contribution < -0.4 is 4.72 Å². The highest BCUT2D eigenvalue weighted by molar-refractivity contribution is 7.89. The lowest BCUT2D eigenvalue weighted by Gasteiger charge is -2.10. The summed E-state index contributed by atoms with van der Waals surface area (Å²) in [5, 5.41) is 9.31. The van der Waals surface area contributed by atoms with E-state index in [0.29, 0.717) is 0 Å². The number of methoxy groups -OCH3 is 1. The average Bonchev–Trinajstić information content (AvgIpc) is 2.63. The summed E-state index contributed by atoms with van der Waals surface area (Å²) in [6.45, 7) is 0.0301. The third-order valence-electron chi connectivity index (χ3n) is 1.98. The first-order valence-electron chi connectivity index (χ1n) is 4.74. The van der Waals surface area contributed by atoms with Crippen LogP contribution in [0.2, 0.25) is 0 Å². The van der Waals surface area contributed by atoms with E-state index in [9.17, 15) is 13.5 Å². The zero-order chi connectivity index (χ0) is 12.2. The largest absolute Gasteiger partial charge is 0.389 e. The van der Waals surface area contributed by atoms with E-state index in [1.54, 1.807) is 17.8 Å². The number of aliphatic hydroxyl groups is 1. The number of rotatable bonds is 6. The van der Waals surface area contributed by atoms with Crippen molar-refractivity contribution in [3.8, 4) is 0 Å². The predicted molar refractivity (Wildman–Crippen MR) is 58.5 cm³/mol. The van der Waals surface area contributed by atoms with Crippen molar-refractivity contribution in [3.63, 3.8) is 0 Å². The van der Waals surface area contributed by atoms with Gasteiger partial charge in [0.05, 0.1) is 17.6 Å². The monoisotopic (exact) mass is 248 g/mol. The summed E-state index contributed by atoms with van der Waals surface area (Å²) < 4.78 is 32.0. The van der Waals surface area contributed by atoms with Gasteiger partial charge in [-0.1, -0.05) is 0 Å². The van der Waals surface area contributed by atoms with Gasteiger partial charge in [0, 0.05) is 33.1 Å². The van der Waals surface area contributed by atoms with E-state index >= 15 is 0 Å². The molecule has 0 bridgehead atoms. The summed E-state index contributed by atoms with van der Waals surface area (Å²) in [6.07, 6.45) is 2.29. The molecule has 1 heterocycles. The molecule has 0 fully saturated rings. The lowest BCUT2D eigenvalue weighted by molar-refractivity contribution is 0.0679. The molecule has 0 aliphatic heterocycles. The highest BCUT2D eigenvalue weighted by Crippen LogP contribution is 2.07. The highest BCUT2D eigenvalue weighted by Gasteiger charge is 2.16. The van der Waals surface area contributed by atoms with Crippen LogP contribution in [0.4, 0.5) is 0 Å². The quantitative estimate of drug-likeness (QED) is 0.698. The minimum absolute atomic E-state index is 0.0644. The SMILES string of the molecule is COCC(O)CNS(=O)(=O)c1ccn(C)c1. The number of hydrogen-bond acceptors (Lipinski definition) is 4. The molecule has 1 rings (SSSR count). The summed E-state index contributed by atoms with van der Waals surface area (Å²) in [5.74, 6) is 0. The fourth-order valence-corrected chi connectivity index (χ4v) is 2.30. The molecule has 1 unspecified atom stereocenters. The molecule has 0 spiro atoms. The Balaban J connectivity index is 2.59. The van der Waals surface area contributed by atoms with E-state index < -0.39 is 16.1 Å². The molecule has 1 atom stereocenters. The number of aliphatic hydroxyl groups excluding tert-OH is 1. The minimum Gasteiger partial charge on any atom is -0.389 e. The summed E-state index contributed by atoms with van der Waals surface area (Å²) in [4.78, 5) is 0.180. The molecule has 7 heteroatoms. The Kier molecular flexibility index (Phi) is 4.48. The third kappa shape index (κ3) is 3.60. The topological polar surface area (TPSA) is 80.6 Å². The van der Waals surface area contributed by atoms with Crippen LogP contribution in [0.1, 0.15) is 0 Å². The number of hydrogen-bond donors (Lipinski definition) is 2. The van der Waals surface area contributed by atoms with Gasteiger partial charge < -0.3 is 14.4 Å². The number of nitrogens with one attached hydrogen (secondary N) is 1. The molecule has 6 nitrogen and oxygen atoms in total. The number of ether oxygens (including phenoxy) is 1. The Labute approximate surface area is 94.9 Å². The molecule has 1 aromatic heterocycles. The third-order valence-corrected chi connectivity index (χ3v) is 3.39. The van der Waals surface area contributed by atoms with Crippen LogP contribution in [-0.4, -0.2) is 44.5 Å². The molecule has 0 amide bonds. The Bertz CT molecular complexity index is 426. The van der Waals surface area contributed by atoms with E-state index in [0.717, 1.165) is 0 Å². The van der Waals surface area contributed by atoms with Crippen LogP contribution in [0.25, 0.3) is 0 Å². The maximum atomic E-state index is 11.7. The van der Waals surface area contributed by atoms with E-state index in [-0.39, 0.29) is 18.0 Å². The van der Waals surface area contributed by atoms with Crippen molar-refractivity contribution >= 4 is 10.0 Å². The molecule has 1 aromatic rings. The van der Waals surface area contributed by atoms with Gasteiger partial charge in [-0.25, -0.2) is 13.1 Å². The zero-order valence-electron chi connectivity index (χ0n) is 9.25. The molecule has 16 heavy (non-hydrogen) atoms. The van der Waals surface area contributed by atoms with Gasteiger partial charge in [-0.3, -0.25) is 0 Å². The molecule has 0 saturated heterocycles. The van der Waals surface area contributed by atoms with Crippen molar-refractivity contribution in [3.05, 3.63) is 18.5 Å². The van der Waals surface area contributed by atoms with Crippen LogP contribution in [0.3, 0.4) is 0 Å². The summed E-state index contributed by atoms with van der Waals surface area (Å²) in [7, 11) is -0.365. The maximum Gasteiger partial charge on any atom is 0.242 e. The van der Waals surface area contributed by atoms with E-state index in [2.05, 4.69) is 9.46 Å². The minimum atomic E-state index is -3.54. The van der Waals surface area contributed by atoms with Crippen LogP contribution in [-0.2, 0) is 21.8 Å². The fraction of sp³-hybridized carbons (Fsp3) is 0.556. The lowest BCUT2D eigenvalue weighted by atomic mass is 10.4. The first-order valence-corrected chi connectivity index (χ1v) is 6.22. The molecule has 0 radical (unpaired) electrons. The van der Waals surface area contributed by atoms with Crippen LogP contribution in [0.15, 0.2) is 23.4 Å². The number of aromatic nitrogens is 1. The Hall–Kier alpha value is -0.890. The number of aryl methyl sites for hydroxylation is 1. The van der Waals surface area contributed by atoms with Gasteiger partial charge in [0.15, 0.2) is 0 Å². The van der Waals surface area contributed by atoms with Crippen LogP contribution in [0.5, 0.6) is 0 Å². The van der Waals surface area contributed by atoms with Crippen LogP contribution in [0, 0.1) is 0 Å². The summed E-state index contributed by atoms with van der Waals surface area (Å²) >= 11 is 0. The van der Waals surface area contributed by atoms with Gasteiger partial charge in [-0.2, -0.15) is 0 Å². The second-order valence-corrected chi connectivity index (χ2v) is 5.24. The molecular formula is C9H16N2O4S. The standard InChI is InChI=1S/C9H16N2O4S/c1-11-4-3-9(6-11)16(13,14)10-5-8(12)7-15-2/h3-4,6,8,10,12H,5,7H2,1-2H3. The zero-order valence-corrected chi connectivity index (χ0v) is 10.1. The molecular weight excluding hydrogens is 232 g/mol. The van der Waals surface area contributed by atoms with Gasteiger partial charge in [-0.15, -0.1) is 0 Å². The Morgan fingerprint density at radius 3 is 2.81 bits per heavy atom. The van der Waals surface area contributed by atoms with E-state index in [1.807, 2.05) is 0 Å². The second kappa shape index (κ2) is 5.44. The van der Waals surface area contributed by atoms with Gasteiger partial charge in [-0.05, 0) is 6.07 Å². The normalized spacial score (nSPS) is 13.9. The summed E-state index contributed by atoms with van der Waals surface area (Å²) in [6, 6.07) is 1.49. The van der Waals surface area contributed by atoms with Crippen molar-refractivity contribution in [1.82, 2.24) is 9.29 Å². The second-order valence-electron chi connectivity index (χ2n) is 3.47. The highest BCUT2D eigenvalue weighted by atomic mass is 32.2. The van der Waals surface area contributed by atoms with Crippen molar-refractivity contribution in [2.24, 2.45) is 7.05 Å². The maximum absolute atomic E-state index is 11.7. The van der Waals surface area contributed by atoms with E-state index in [4.69, 9.17) is 0 Å². The van der Waals surface area contributed by atoms with Gasteiger partial charge in [0.1, 0.15) is 0 Å². The smallest absolute Gasteiger partial charge is 0.242 e. The van der Waals surface area contributed by atoms with Crippen LogP contribution >= 0.6 is 0 Å². The molecule has 0 aliphatic rings. The average molecular weight is 248 g/mol. The molecule has 0 aromatic carbocycles. The molecule has 2 N–H and O–H groups in total. The van der Waals surface area contributed by atoms with Crippen molar-refractivity contribution < 1.29 is 18.3 Å². The lowest BCUT2D eigenvalue weighted by Crippen LogP contribution is -2.34. The van der Waals surface area contributed by atoms with Crippen molar-refractivity contribution in [2.75, 3.05) is 20.3 Å². The Morgan fingerprint density at radius 2 is 2.31 bits per heavy atom. The first kappa shape index (κ1) is 13.2. The molecule has 0 saturated carbocycles. The van der Waals surface area contributed by atoms with E-state index in [1.165, 1.54) is 19.4 Å². The van der Waals surface area contributed by atoms with Gasteiger partial charge in [0.25, 0.3) is 0 Å². The number of sulfonamides is 1. The molecule has 92 valence electrons. The summed E-state index contributed by atoms with van der Waals surface area (Å²) in [5.41, 5.74) is 0. The van der Waals surface area contributed by atoms with Crippen molar-refractivity contribution in [1.29, 1.82) is 0 Å². The van der Waals surface area contributed by atoms with Crippen molar-refractivity contribution in [2.45, 2.75) is 11.0 Å². The van der Waals surface area contributed by atoms with Gasteiger partial charge >= 0.3 is 0 Å². The predicted octanol–water partition coefficient (Wildman–Crippen LogP) is -0.689. The van der Waals surface area contributed by atoms with Gasteiger partial charge in [0.2, 0.25) is 10.0 Å². The first-order chi connectivity index (χ1) is 7.45. The number of nitrogens with zero attached hydrogens (tertiary/aromatic N) is 1. The fourth-order valence-electron chi connectivity index (χ4n) is 1.18. The molecule has 0 aliphatic carbocycles.